The van der Waals surface area contributed by atoms with Crippen LogP contribution in [0.15, 0.2) is 65.5 Å². The summed E-state index contributed by atoms with van der Waals surface area (Å²) >= 11 is 0. The van der Waals surface area contributed by atoms with E-state index in [2.05, 4.69) is 10.3 Å². The zero-order valence-corrected chi connectivity index (χ0v) is 14.6. The molecule has 1 fully saturated rings. The third-order valence-electron chi connectivity index (χ3n) is 4.84. The highest BCUT2D eigenvalue weighted by Crippen LogP contribution is 2.20. The van der Waals surface area contributed by atoms with E-state index in [0.29, 0.717) is 36.0 Å². The number of benzene rings is 2. The number of nitrogens with one attached hydrogen (secondary N) is 2. The second-order valence-corrected chi connectivity index (χ2v) is 6.59. The van der Waals surface area contributed by atoms with Crippen LogP contribution in [0, 0.1) is 0 Å². The zero-order valence-electron chi connectivity index (χ0n) is 14.6. The molecule has 2 amide bonds. The predicted molar refractivity (Wildman–Crippen MR) is 103 cm³/mol. The van der Waals surface area contributed by atoms with Gasteiger partial charge >= 0.3 is 0 Å². The van der Waals surface area contributed by atoms with E-state index in [4.69, 9.17) is 0 Å². The SMILES string of the molecule is O=C1NCCN(C(=O)c2cc(=O)[nH]c3ccccc23)[C@@H]1Cc1ccccc1. The van der Waals surface area contributed by atoms with E-state index in [-0.39, 0.29) is 17.4 Å². The van der Waals surface area contributed by atoms with Gasteiger partial charge in [-0.1, -0.05) is 48.5 Å². The maximum absolute atomic E-state index is 13.3. The number of H-pyrrole nitrogens is 1. The zero-order chi connectivity index (χ0) is 18.8. The number of hydrogen-bond acceptors (Lipinski definition) is 3. The molecule has 3 aromatic rings. The lowest BCUT2D eigenvalue weighted by atomic mass is 10.00. The van der Waals surface area contributed by atoms with E-state index in [0.717, 1.165) is 5.56 Å². The van der Waals surface area contributed by atoms with Crippen molar-refractivity contribution in [2.45, 2.75) is 12.5 Å². The van der Waals surface area contributed by atoms with Crippen LogP contribution < -0.4 is 10.9 Å². The van der Waals surface area contributed by atoms with Crippen molar-refractivity contribution in [3.8, 4) is 0 Å². The summed E-state index contributed by atoms with van der Waals surface area (Å²) < 4.78 is 0. The number of aromatic amines is 1. The van der Waals surface area contributed by atoms with Crippen LogP contribution in [0.5, 0.6) is 0 Å². The molecule has 1 aliphatic rings. The van der Waals surface area contributed by atoms with Gasteiger partial charge in [-0.05, 0) is 11.6 Å². The third kappa shape index (κ3) is 3.33. The van der Waals surface area contributed by atoms with Crippen LogP contribution in [-0.2, 0) is 11.2 Å². The van der Waals surface area contributed by atoms with Gasteiger partial charge in [-0.3, -0.25) is 14.4 Å². The molecule has 0 aliphatic carbocycles. The molecule has 136 valence electrons. The van der Waals surface area contributed by atoms with Crippen molar-refractivity contribution in [1.29, 1.82) is 0 Å². The molecule has 4 rings (SSSR count). The van der Waals surface area contributed by atoms with Gasteiger partial charge in [-0.15, -0.1) is 0 Å². The fourth-order valence-electron chi connectivity index (χ4n) is 3.53. The average molecular weight is 361 g/mol. The van der Waals surface area contributed by atoms with Gasteiger partial charge in [0.15, 0.2) is 0 Å². The van der Waals surface area contributed by atoms with Crippen LogP contribution >= 0.6 is 0 Å². The molecular formula is C21H19N3O3. The Kier molecular flexibility index (Phi) is 4.46. The molecule has 2 heterocycles. The number of rotatable bonds is 3. The molecular weight excluding hydrogens is 342 g/mol. The van der Waals surface area contributed by atoms with Gasteiger partial charge in [0.2, 0.25) is 11.5 Å². The van der Waals surface area contributed by atoms with Crippen LogP contribution in [0.25, 0.3) is 10.9 Å². The Hall–Kier alpha value is -3.41. The minimum Gasteiger partial charge on any atom is -0.353 e. The Morgan fingerprint density at radius 2 is 1.78 bits per heavy atom. The summed E-state index contributed by atoms with van der Waals surface area (Å²) in [5, 5.41) is 3.51. The first kappa shape index (κ1) is 17.0. The molecule has 2 aromatic carbocycles. The van der Waals surface area contributed by atoms with Crippen molar-refractivity contribution in [2.24, 2.45) is 0 Å². The van der Waals surface area contributed by atoms with Gasteiger partial charge in [-0.2, -0.15) is 0 Å². The lowest BCUT2D eigenvalue weighted by Gasteiger charge is -2.35. The largest absolute Gasteiger partial charge is 0.353 e. The smallest absolute Gasteiger partial charge is 0.255 e. The van der Waals surface area contributed by atoms with E-state index in [1.165, 1.54) is 6.07 Å². The van der Waals surface area contributed by atoms with E-state index < -0.39 is 6.04 Å². The minimum atomic E-state index is -0.605. The molecule has 0 radical (unpaired) electrons. The van der Waals surface area contributed by atoms with Crippen LogP contribution in [-0.4, -0.2) is 40.8 Å². The number of carbonyl (C=O) groups excluding carboxylic acids is 2. The van der Waals surface area contributed by atoms with E-state index in [9.17, 15) is 14.4 Å². The van der Waals surface area contributed by atoms with Gasteiger partial charge in [-0.25, -0.2) is 0 Å². The second-order valence-electron chi connectivity index (χ2n) is 6.59. The predicted octanol–water partition coefficient (Wildman–Crippen LogP) is 1.71. The number of piperazine rings is 1. The van der Waals surface area contributed by atoms with Crippen molar-refractivity contribution in [1.82, 2.24) is 15.2 Å². The first-order valence-corrected chi connectivity index (χ1v) is 8.88. The third-order valence-corrected chi connectivity index (χ3v) is 4.84. The van der Waals surface area contributed by atoms with Crippen molar-refractivity contribution in [2.75, 3.05) is 13.1 Å². The summed E-state index contributed by atoms with van der Waals surface area (Å²) in [7, 11) is 0. The van der Waals surface area contributed by atoms with Crippen LogP contribution in [0.2, 0.25) is 0 Å². The fraction of sp³-hybridized carbons (Fsp3) is 0.190. The number of amides is 2. The summed E-state index contributed by atoms with van der Waals surface area (Å²) in [5.41, 5.74) is 1.57. The highest BCUT2D eigenvalue weighted by atomic mass is 16.2. The molecule has 1 aliphatic heterocycles. The lowest BCUT2D eigenvalue weighted by Crippen LogP contribution is -2.58. The maximum atomic E-state index is 13.3. The highest BCUT2D eigenvalue weighted by molar-refractivity contribution is 6.07. The van der Waals surface area contributed by atoms with Crippen LogP contribution in [0.4, 0.5) is 0 Å². The summed E-state index contributed by atoms with van der Waals surface area (Å²) in [4.78, 5) is 42.1. The summed E-state index contributed by atoms with van der Waals surface area (Å²) in [6.07, 6.45) is 0.430. The normalized spacial score (nSPS) is 17.0. The number of aromatic nitrogens is 1. The molecule has 6 heteroatoms. The fourth-order valence-corrected chi connectivity index (χ4v) is 3.53. The molecule has 2 N–H and O–H groups in total. The Balaban J connectivity index is 1.73. The highest BCUT2D eigenvalue weighted by Gasteiger charge is 2.34. The number of pyridine rings is 1. The van der Waals surface area contributed by atoms with Crippen molar-refractivity contribution < 1.29 is 9.59 Å². The first-order valence-electron chi connectivity index (χ1n) is 8.88. The van der Waals surface area contributed by atoms with Crippen molar-refractivity contribution in [3.05, 3.63) is 82.1 Å². The molecule has 0 bridgehead atoms. The molecule has 27 heavy (non-hydrogen) atoms. The number of para-hydroxylation sites is 1. The van der Waals surface area contributed by atoms with Gasteiger partial charge in [0.25, 0.3) is 5.91 Å². The maximum Gasteiger partial charge on any atom is 0.255 e. The minimum absolute atomic E-state index is 0.174. The summed E-state index contributed by atoms with van der Waals surface area (Å²) in [5.74, 6) is -0.472. The summed E-state index contributed by atoms with van der Waals surface area (Å²) in [6.45, 7) is 0.806. The Bertz CT molecular complexity index is 1060. The molecule has 6 nitrogen and oxygen atoms in total. The van der Waals surface area contributed by atoms with Crippen LogP contribution in [0.1, 0.15) is 15.9 Å². The van der Waals surface area contributed by atoms with E-state index >= 15 is 0 Å². The molecule has 1 aromatic heterocycles. The Labute approximate surface area is 155 Å². The van der Waals surface area contributed by atoms with E-state index in [1.54, 1.807) is 23.1 Å². The van der Waals surface area contributed by atoms with Crippen LogP contribution in [0.3, 0.4) is 0 Å². The van der Waals surface area contributed by atoms with Gasteiger partial charge in [0, 0.05) is 36.5 Å². The standard InChI is InChI=1S/C21H19N3O3/c25-19-13-16(15-8-4-5-9-17(15)23-19)21(27)24-11-10-22-20(26)18(24)12-14-6-2-1-3-7-14/h1-9,13,18H,10-12H2,(H,22,26)(H,23,25)/t18-/m1/s1. The quantitative estimate of drug-likeness (QED) is 0.745. The lowest BCUT2D eigenvalue weighted by molar-refractivity contribution is -0.127. The Morgan fingerprint density at radius 3 is 2.59 bits per heavy atom. The molecule has 0 saturated carbocycles. The monoisotopic (exact) mass is 361 g/mol. The second kappa shape index (κ2) is 7.07. The van der Waals surface area contributed by atoms with Gasteiger partial charge in [0.1, 0.15) is 6.04 Å². The first-order chi connectivity index (χ1) is 13.1. The average Bonchev–Trinajstić information content (AvgIpc) is 2.69. The Morgan fingerprint density at radius 1 is 1.04 bits per heavy atom. The van der Waals surface area contributed by atoms with Gasteiger partial charge < -0.3 is 15.2 Å². The number of hydrogen-bond donors (Lipinski definition) is 2. The number of carbonyl (C=O) groups is 2. The van der Waals surface area contributed by atoms with Crippen molar-refractivity contribution in [3.63, 3.8) is 0 Å². The number of nitrogens with zero attached hydrogens (tertiary/aromatic N) is 1. The number of fused-ring (bicyclic) bond motifs is 1. The molecule has 0 spiro atoms. The molecule has 0 unspecified atom stereocenters. The van der Waals surface area contributed by atoms with Crippen molar-refractivity contribution >= 4 is 22.7 Å². The topological polar surface area (TPSA) is 82.3 Å². The molecule has 1 atom stereocenters. The van der Waals surface area contributed by atoms with Gasteiger partial charge in [0.05, 0.1) is 5.56 Å². The van der Waals surface area contributed by atoms with E-state index in [1.807, 2.05) is 36.4 Å². The summed E-state index contributed by atoms with van der Waals surface area (Å²) in [6, 6.07) is 17.5. The molecule has 1 saturated heterocycles.